The van der Waals surface area contributed by atoms with E-state index in [-0.39, 0.29) is 30.6 Å². The Balaban J connectivity index is 0.00000180. The Morgan fingerprint density at radius 3 is 2.68 bits per heavy atom. The Bertz CT molecular complexity index is 563. The molecule has 0 spiro atoms. The highest BCUT2D eigenvalue weighted by molar-refractivity contribution is 5.95. The Hall–Kier alpha value is -2.14. The molecule has 1 aromatic heterocycles. The molecule has 1 aromatic carbocycles. The van der Waals surface area contributed by atoms with E-state index in [1.807, 2.05) is 6.07 Å². The number of nitrogens with zero attached hydrogens (tertiary/aromatic N) is 1. The van der Waals surface area contributed by atoms with Crippen molar-refractivity contribution in [3.8, 4) is 5.75 Å². The van der Waals surface area contributed by atoms with Crippen LogP contribution in [0.1, 0.15) is 11.3 Å². The van der Waals surface area contributed by atoms with E-state index in [2.05, 4.69) is 4.98 Å². The van der Waals surface area contributed by atoms with E-state index in [0.717, 1.165) is 0 Å². The summed E-state index contributed by atoms with van der Waals surface area (Å²) < 4.78 is 18.9. The highest BCUT2D eigenvalue weighted by Crippen LogP contribution is 2.19. The topological polar surface area (TPSA) is 72.0 Å². The molecule has 3 N–H and O–H groups in total. The lowest BCUT2D eigenvalue weighted by molar-refractivity contribution is 0.286. The average molecular weight is 282 g/mol. The lowest BCUT2D eigenvalue weighted by Crippen LogP contribution is -2.11. The van der Waals surface area contributed by atoms with Gasteiger partial charge >= 0.3 is 0 Å². The van der Waals surface area contributed by atoms with Crippen molar-refractivity contribution >= 4 is 18.2 Å². The number of nitrogens with two attached hydrogens (primary N) is 1. The fourth-order valence-electron chi connectivity index (χ4n) is 1.42. The zero-order valence-corrected chi connectivity index (χ0v) is 10.8. The first kappa shape index (κ1) is 14.9. The van der Waals surface area contributed by atoms with Gasteiger partial charge in [-0.05, 0) is 30.3 Å². The molecule has 0 radical (unpaired) electrons. The van der Waals surface area contributed by atoms with Crippen LogP contribution in [0.4, 0.5) is 4.39 Å². The first-order valence-corrected chi connectivity index (χ1v) is 5.33. The second-order valence-corrected chi connectivity index (χ2v) is 3.67. The number of pyridine rings is 1. The molecule has 1 heterocycles. The molecular formula is C13H13ClFN3O. The maximum absolute atomic E-state index is 13.6. The number of nitrogens with one attached hydrogen (secondary N) is 1. The van der Waals surface area contributed by atoms with Crippen molar-refractivity contribution in [2.75, 3.05) is 0 Å². The number of rotatable bonds is 4. The molecule has 0 bridgehead atoms. The van der Waals surface area contributed by atoms with Crippen LogP contribution >= 0.6 is 12.4 Å². The number of amidine groups is 1. The number of aromatic nitrogens is 1. The van der Waals surface area contributed by atoms with E-state index >= 15 is 0 Å². The van der Waals surface area contributed by atoms with E-state index in [1.165, 1.54) is 12.1 Å². The van der Waals surface area contributed by atoms with Gasteiger partial charge in [-0.1, -0.05) is 6.07 Å². The molecule has 2 rings (SSSR count). The van der Waals surface area contributed by atoms with Crippen LogP contribution in [0.2, 0.25) is 0 Å². The van der Waals surface area contributed by atoms with E-state index in [1.54, 1.807) is 24.4 Å². The Kier molecular flexibility index (Phi) is 5.26. The number of halogens is 2. The van der Waals surface area contributed by atoms with Crippen LogP contribution in [-0.2, 0) is 6.61 Å². The van der Waals surface area contributed by atoms with Crippen LogP contribution in [0, 0.1) is 11.2 Å². The molecule has 0 saturated carbocycles. The summed E-state index contributed by atoms with van der Waals surface area (Å²) in [5.74, 6) is -0.602. The molecular weight excluding hydrogens is 269 g/mol. The van der Waals surface area contributed by atoms with Crippen molar-refractivity contribution in [1.29, 1.82) is 5.41 Å². The fourth-order valence-corrected chi connectivity index (χ4v) is 1.42. The Morgan fingerprint density at radius 2 is 2.11 bits per heavy atom. The number of hydrogen-bond acceptors (Lipinski definition) is 3. The zero-order valence-electron chi connectivity index (χ0n) is 9.97. The third kappa shape index (κ3) is 3.93. The molecule has 0 aliphatic heterocycles. The quantitative estimate of drug-likeness (QED) is 0.668. The van der Waals surface area contributed by atoms with E-state index in [0.29, 0.717) is 11.3 Å². The number of benzene rings is 1. The van der Waals surface area contributed by atoms with Crippen LogP contribution in [0.5, 0.6) is 5.75 Å². The Labute approximate surface area is 116 Å². The first-order chi connectivity index (χ1) is 8.66. The van der Waals surface area contributed by atoms with Gasteiger partial charge < -0.3 is 10.5 Å². The van der Waals surface area contributed by atoms with Crippen LogP contribution in [0.3, 0.4) is 0 Å². The van der Waals surface area contributed by atoms with E-state index in [4.69, 9.17) is 15.9 Å². The summed E-state index contributed by atoms with van der Waals surface area (Å²) in [6.07, 6.45) is 1.65. The van der Waals surface area contributed by atoms with Crippen molar-refractivity contribution in [3.63, 3.8) is 0 Å². The van der Waals surface area contributed by atoms with Crippen molar-refractivity contribution in [2.24, 2.45) is 5.73 Å². The summed E-state index contributed by atoms with van der Waals surface area (Å²) in [6.45, 7) is 0.192. The summed E-state index contributed by atoms with van der Waals surface area (Å²) in [7, 11) is 0. The number of hydrogen-bond donors (Lipinski definition) is 2. The lowest BCUT2D eigenvalue weighted by atomic mass is 10.2. The summed E-state index contributed by atoms with van der Waals surface area (Å²) in [5.41, 5.74) is 6.31. The van der Waals surface area contributed by atoms with Crippen LogP contribution in [-0.4, -0.2) is 10.8 Å². The number of ether oxygens (including phenoxy) is 1. The summed E-state index contributed by atoms with van der Waals surface area (Å²) in [6, 6.07) is 9.60. The van der Waals surface area contributed by atoms with E-state index in [9.17, 15) is 4.39 Å². The first-order valence-electron chi connectivity index (χ1n) is 5.33. The van der Waals surface area contributed by atoms with Gasteiger partial charge in [0.15, 0.2) is 11.6 Å². The third-order valence-electron chi connectivity index (χ3n) is 2.34. The van der Waals surface area contributed by atoms with Gasteiger partial charge in [0.05, 0.1) is 5.69 Å². The highest BCUT2D eigenvalue weighted by atomic mass is 35.5. The molecule has 0 saturated heterocycles. The minimum atomic E-state index is -0.543. The molecule has 0 aliphatic carbocycles. The molecule has 19 heavy (non-hydrogen) atoms. The van der Waals surface area contributed by atoms with Crippen LogP contribution < -0.4 is 10.5 Å². The van der Waals surface area contributed by atoms with Gasteiger partial charge in [0.2, 0.25) is 0 Å². The third-order valence-corrected chi connectivity index (χ3v) is 2.34. The largest absolute Gasteiger partial charge is 0.484 e. The van der Waals surface area contributed by atoms with Crippen LogP contribution in [0.15, 0.2) is 42.6 Å². The second-order valence-electron chi connectivity index (χ2n) is 3.67. The SMILES string of the molecule is Cl.N=C(N)c1ccc(OCc2ccccn2)c(F)c1. The van der Waals surface area contributed by atoms with Gasteiger partial charge in [-0.25, -0.2) is 4.39 Å². The van der Waals surface area contributed by atoms with Gasteiger partial charge in [0.25, 0.3) is 0 Å². The van der Waals surface area contributed by atoms with Gasteiger partial charge in [-0.2, -0.15) is 0 Å². The maximum Gasteiger partial charge on any atom is 0.165 e. The molecule has 4 nitrogen and oxygen atoms in total. The lowest BCUT2D eigenvalue weighted by Gasteiger charge is -2.07. The second kappa shape index (κ2) is 6.70. The summed E-state index contributed by atoms with van der Waals surface area (Å²) in [5, 5.41) is 7.20. The smallest absolute Gasteiger partial charge is 0.165 e. The predicted molar refractivity (Wildman–Crippen MR) is 73.2 cm³/mol. The van der Waals surface area contributed by atoms with Gasteiger partial charge in [0, 0.05) is 11.8 Å². The average Bonchev–Trinajstić information content (AvgIpc) is 2.38. The van der Waals surface area contributed by atoms with Gasteiger partial charge in [-0.15, -0.1) is 12.4 Å². The summed E-state index contributed by atoms with van der Waals surface area (Å²) >= 11 is 0. The minimum Gasteiger partial charge on any atom is -0.484 e. The minimum absolute atomic E-state index is 0. The fraction of sp³-hybridized carbons (Fsp3) is 0.0769. The molecule has 2 aromatic rings. The molecule has 0 unspecified atom stereocenters. The molecule has 0 atom stereocenters. The highest BCUT2D eigenvalue weighted by Gasteiger charge is 2.06. The van der Waals surface area contributed by atoms with E-state index < -0.39 is 5.82 Å². The van der Waals surface area contributed by atoms with Gasteiger partial charge in [-0.3, -0.25) is 10.4 Å². The number of nitrogen functional groups attached to an aromatic ring is 1. The van der Waals surface area contributed by atoms with Gasteiger partial charge in [0.1, 0.15) is 12.4 Å². The molecule has 100 valence electrons. The standard InChI is InChI=1S/C13H12FN3O.ClH/c14-11-7-9(13(15)16)4-5-12(11)18-8-10-3-1-2-6-17-10;/h1-7H,8H2,(H3,15,16);1H. The molecule has 0 fully saturated rings. The normalized spacial score (nSPS) is 9.53. The monoisotopic (exact) mass is 281 g/mol. The van der Waals surface area contributed by atoms with Crippen molar-refractivity contribution in [1.82, 2.24) is 4.98 Å². The molecule has 0 amide bonds. The van der Waals surface area contributed by atoms with Crippen molar-refractivity contribution in [3.05, 3.63) is 59.7 Å². The summed E-state index contributed by atoms with van der Waals surface area (Å²) in [4.78, 5) is 4.07. The molecule has 6 heteroatoms. The van der Waals surface area contributed by atoms with Crippen molar-refractivity contribution < 1.29 is 9.13 Å². The maximum atomic E-state index is 13.6. The molecule has 0 aliphatic rings. The van der Waals surface area contributed by atoms with Crippen molar-refractivity contribution in [2.45, 2.75) is 6.61 Å². The Morgan fingerprint density at radius 1 is 1.32 bits per heavy atom. The zero-order chi connectivity index (χ0) is 13.0. The predicted octanol–water partition coefficient (Wildman–Crippen LogP) is 2.51. The van der Waals surface area contributed by atoms with Crippen LogP contribution in [0.25, 0.3) is 0 Å².